The van der Waals surface area contributed by atoms with E-state index in [1.54, 1.807) is 0 Å². The van der Waals surface area contributed by atoms with E-state index in [2.05, 4.69) is 40.8 Å². The SMILES string of the molecule is CC1Cn2c(cc3cc(OC4CCN(C(C)C)CC4)ccc32)C(=O)N1. The second kappa shape index (κ2) is 6.37. The van der Waals surface area contributed by atoms with Gasteiger partial charge in [0.05, 0.1) is 0 Å². The van der Waals surface area contributed by atoms with Gasteiger partial charge in [-0.1, -0.05) is 0 Å². The Morgan fingerprint density at radius 1 is 1.20 bits per heavy atom. The van der Waals surface area contributed by atoms with Gasteiger partial charge >= 0.3 is 0 Å². The molecule has 0 spiro atoms. The minimum atomic E-state index is 0.0125. The van der Waals surface area contributed by atoms with E-state index in [0.717, 1.165) is 54.8 Å². The van der Waals surface area contributed by atoms with Gasteiger partial charge in [-0.3, -0.25) is 4.79 Å². The Kier molecular flexibility index (Phi) is 4.20. The highest BCUT2D eigenvalue weighted by Gasteiger charge is 2.25. The number of ether oxygens (including phenoxy) is 1. The van der Waals surface area contributed by atoms with Gasteiger partial charge in [0, 0.05) is 42.6 Å². The summed E-state index contributed by atoms with van der Waals surface area (Å²) in [4.78, 5) is 14.7. The zero-order chi connectivity index (χ0) is 17.6. The van der Waals surface area contributed by atoms with Crippen molar-refractivity contribution in [2.75, 3.05) is 13.1 Å². The van der Waals surface area contributed by atoms with Crippen LogP contribution >= 0.6 is 0 Å². The molecule has 25 heavy (non-hydrogen) atoms. The summed E-state index contributed by atoms with van der Waals surface area (Å²) in [7, 11) is 0. The van der Waals surface area contributed by atoms with Crippen molar-refractivity contribution in [1.82, 2.24) is 14.8 Å². The van der Waals surface area contributed by atoms with Crippen LogP contribution in [-0.2, 0) is 6.54 Å². The number of carbonyl (C=O) groups is 1. The number of likely N-dealkylation sites (tertiary alicyclic amines) is 1. The molecule has 1 fully saturated rings. The van der Waals surface area contributed by atoms with E-state index < -0.39 is 0 Å². The van der Waals surface area contributed by atoms with Gasteiger partial charge in [-0.15, -0.1) is 0 Å². The Bertz CT molecular complexity index is 788. The fraction of sp³-hybridized carbons (Fsp3) is 0.550. The van der Waals surface area contributed by atoms with Crippen LogP contribution in [0, 0.1) is 0 Å². The molecule has 1 amide bonds. The van der Waals surface area contributed by atoms with Crippen LogP contribution in [0.15, 0.2) is 24.3 Å². The summed E-state index contributed by atoms with van der Waals surface area (Å²) in [6.07, 6.45) is 2.43. The Morgan fingerprint density at radius 3 is 2.68 bits per heavy atom. The smallest absolute Gasteiger partial charge is 0.268 e. The number of hydrogen-bond donors (Lipinski definition) is 1. The van der Waals surface area contributed by atoms with Crippen LogP contribution in [-0.4, -0.2) is 46.7 Å². The third kappa shape index (κ3) is 3.13. The predicted octanol–water partition coefficient (Wildman–Crippen LogP) is 3.02. The highest BCUT2D eigenvalue weighted by molar-refractivity contribution is 5.99. The lowest BCUT2D eigenvalue weighted by Crippen LogP contribution is -2.42. The minimum absolute atomic E-state index is 0.0125. The highest BCUT2D eigenvalue weighted by Crippen LogP contribution is 2.28. The molecule has 1 aromatic heterocycles. The number of benzene rings is 1. The van der Waals surface area contributed by atoms with E-state index >= 15 is 0 Å². The molecular formula is C20H27N3O2. The largest absolute Gasteiger partial charge is 0.490 e. The first-order valence-electron chi connectivity index (χ1n) is 9.36. The number of hydrogen-bond acceptors (Lipinski definition) is 3. The normalized spacial score (nSPS) is 22.2. The van der Waals surface area contributed by atoms with E-state index in [1.165, 1.54) is 0 Å². The van der Waals surface area contributed by atoms with Gasteiger partial charge in [-0.2, -0.15) is 0 Å². The van der Waals surface area contributed by atoms with Gasteiger partial charge in [-0.05, 0) is 57.9 Å². The van der Waals surface area contributed by atoms with Crippen LogP contribution < -0.4 is 10.1 Å². The molecule has 0 radical (unpaired) electrons. The molecule has 1 N–H and O–H groups in total. The molecule has 134 valence electrons. The molecule has 1 atom stereocenters. The average Bonchev–Trinajstić information content (AvgIpc) is 2.93. The average molecular weight is 341 g/mol. The number of carbonyl (C=O) groups excluding carboxylic acids is 1. The lowest BCUT2D eigenvalue weighted by Gasteiger charge is -2.34. The maximum absolute atomic E-state index is 12.2. The zero-order valence-corrected chi connectivity index (χ0v) is 15.3. The van der Waals surface area contributed by atoms with Crippen LogP contribution in [0.25, 0.3) is 10.9 Å². The summed E-state index contributed by atoms with van der Waals surface area (Å²) in [5.74, 6) is 0.922. The fourth-order valence-corrected chi connectivity index (χ4v) is 4.03. The molecule has 1 saturated heterocycles. The summed E-state index contributed by atoms with van der Waals surface area (Å²) in [6, 6.07) is 8.96. The van der Waals surface area contributed by atoms with Crippen LogP contribution in [0.1, 0.15) is 44.1 Å². The van der Waals surface area contributed by atoms with Gasteiger partial charge in [-0.25, -0.2) is 0 Å². The van der Waals surface area contributed by atoms with Crippen molar-refractivity contribution in [3.63, 3.8) is 0 Å². The van der Waals surface area contributed by atoms with Gasteiger partial charge < -0.3 is 19.5 Å². The summed E-state index contributed by atoms with van der Waals surface area (Å²) < 4.78 is 8.35. The molecule has 5 nitrogen and oxygen atoms in total. The van der Waals surface area contributed by atoms with Crippen molar-refractivity contribution in [3.05, 3.63) is 30.0 Å². The Labute approximate surface area is 148 Å². The van der Waals surface area contributed by atoms with Crippen LogP contribution in [0.4, 0.5) is 0 Å². The lowest BCUT2D eigenvalue weighted by molar-refractivity contribution is 0.0844. The van der Waals surface area contributed by atoms with Crippen molar-refractivity contribution in [3.8, 4) is 5.75 Å². The molecule has 0 bridgehead atoms. The van der Waals surface area contributed by atoms with Crippen LogP contribution in [0.3, 0.4) is 0 Å². The molecule has 4 rings (SSSR count). The van der Waals surface area contributed by atoms with E-state index in [4.69, 9.17) is 4.74 Å². The molecule has 0 aliphatic carbocycles. The van der Waals surface area contributed by atoms with E-state index in [9.17, 15) is 4.79 Å². The summed E-state index contributed by atoms with van der Waals surface area (Å²) in [5.41, 5.74) is 1.86. The van der Waals surface area contributed by atoms with Gasteiger partial charge in [0.1, 0.15) is 17.5 Å². The first-order chi connectivity index (χ1) is 12.0. The van der Waals surface area contributed by atoms with Gasteiger partial charge in [0.15, 0.2) is 0 Å². The molecule has 1 unspecified atom stereocenters. The number of rotatable bonds is 3. The molecule has 2 aliphatic rings. The fourth-order valence-electron chi connectivity index (χ4n) is 4.03. The molecule has 3 heterocycles. The van der Waals surface area contributed by atoms with Crippen molar-refractivity contribution in [1.29, 1.82) is 0 Å². The quantitative estimate of drug-likeness (QED) is 0.933. The van der Waals surface area contributed by atoms with E-state index in [0.29, 0.717) is 6.04 Å². The monoisotopic (exact) mass is 341 g/mol. The molecular weight excluding hydrogens is 314 g/mol. The number of piperidine rings is 1. The lowest BCUT2D eigenvalue weighted by atomic mass is 10.1. The number of nitrogens with one attached hydrogen (secondary N) is 1. The molecule has 5 heteroatoms. The van der Waals surface area contributed by atoms with Gasteiger partial charge in [0.25, 0.3) is 5.91 Å². The second-order valence-corrected chi connectivity index (χ2v) is 7.68. The van der Waals surface area contributed by atoms with Crippen molar-refractivity contribution in [2.24, 2.45) is 0 Å². The molecule has 2 aromatic rings. The summed E-state index contributed by atoms with van der Waals surface area (Å²) in [6.45, 7) is 9.56. The maximum atomic E-state index is 12.2. The maximum Gasteiger partial charge on any atom is 0.268 e. The third-order valence-corrected chi connectivity index (χ3v) is 5.45. The van der Waals surface area contributed by atoms with E-state index in [1.807, 2.05) is 19.1 Å². The van der Waals surface area contributed by atoms with Crippen molar-refractivity contribution < 1.29 is 9.53 Å². The zero-order valence-electron chi connectivity index (χ0n) is 15.3. The van der Waals surface area contributed by atoms with Crippen LogP contribution in [0.5, 0.6) is 5.75 Å². The Hall–Kier alpha value is -2.01. The van der Waals surface area contributed by atoms with Gasteiger partial charge in [0.2, 0.25) is 0 Å². The predicted molar refractivity (Wildman–Crippen MR) is 99.2 cm³/mol. The summed E-state index contributed by atoms with van der Waals surface area (Å²) in [5, 5.41) is 4.07. The molecule has 2 aliphatic heterocycles. The number of fused-ring (bicyclic) bond motifs is 3. The topological polar surface area (TPSA) is 46.5 Å². The molecule has 0 saturated carbocycles. The Balaban J connectivity index is 1.52. The Morgan fingerprint density at radius 2 is 1.96 bits per heavy atom. The number of aromatic nitrogens is 1. The standard InChI is InChI=1S/C20H27N3O2/c1-13(2)22-8-6-16(7-9-22)25-17-4-5-18-15(10-17)11-19-20(24)21-14(3)12-23(18)19/h4-5,10-11,13-14,16H,6-9,12H2,1-3H3,(H,21,24). The van der Waals surface area contributed by atoms with Crippen molar-refractivity contribution in [2.45, 2.75) is 58.3 Å². The third-order valence-electron chi connectivity index (χ3n) is 5.45. The molecule has 1 aromatic carbocycles. The van der Waals surface area contributed by atoms with Crippen LogP contribution in [0.2, 0.25) is 0 Å². The second-order valence-electron chi connectivity index (χ2n) is 7.68. The number of amides is 1. The summed E-state index contributed by atoms with van der Waals surface area (Å²) >= 11 is 0. The minimum Gasteiger partial charge on any atom is -0.490 e. The van der Waals surface area contributed by atoms with E-state index in [-0.39, 0.29) is 18.1 Å². The first-order valence-corrected chi connectivity index (χ1v) is 9.36. The first kappa shape index (κ1) is 16.5. The number of nitrogens with zero attached hydrogens (tertiary/aromatic N) is 2. The highest BCUT2D eigenvalue weighted by atomic mass is 16.5. The van der Waals surface area contributed by atoms with Crippen molar-refractivity contribution >= 4 is 16.8 Å².